The fraction of sp³-hybridized carbons (Fsp3) is 0. The SMILES string of the molecule is c1ccc2cc(-c3ccc4cc(-c5ccc(-c6ccc(Nc7cccc8c7sc7ccccc78)cc6)cc5)ccc4c3)ccc2c1. The molecule has 0 fully saturated rings. The molecule has 1 aromatic heterocycles. The second-order valence-corrected chi connectivity index (χ2v) is 13.0. The summed E-state index contributed by atoms with van der Waals surface area (Å²) in [5.41, 5.74) is 9.60. The van der Waals surface area contributed by atoms with Crippen LogP contribution in [0.15, 0.2) is 170 Å². The van der Waals surface area contributed by atoms with Gasteiger partial charge < -0.3 is 5.32 Å². The molecule has 0 spiro atoms. The van der Waals surface area contributed by atoms with Gasteiger partial charge in [0, 0.05) is 21.2 Å². The summed E-state index contributed by atoms with van der Waals surface area (Å²) in [7, 11) is 0. The van der Waals surface area contributed by atoms with Crippen molar-refractivity contribution in [3.05, 3.63) is 170 Å². The minimum absolute atomic E-state index is 1.09. The molecule has 8 aromatic carbocycles. The second kappa shape index (κ2) is 11.0. The molecule has 1 nitrogen and oxygen atoms in total. The van der Waals surface area contributed by atoms with Crippen LogP contribution >= 0.6 is 11.3 Å². The van der Waals surface area contributed by atoms with E-state index in [1.54, 1.807) is 0 Å². The number of anilines is 2. The highest BCUT2D eigenvalue weighted by molar-refractivity contribution is 7.26. The standard InChI is InChI=1S/C44H29NS/c1-2-7-33-26-35(17-16-29(33)6-1)38-21-20-36-27-34(18-19-37(36)28-38)32-14-12-30(13-15-32)31-22-24-39(25-23-31)45-42-10-5-9-41-40-8-3-4-11-43(40)46-44(41)42/h1-28,45H. The molecule has 9 rings (SSSR count). The third-order valence-corrected chi connectivity index (χ3v) is 10.3. The fourth-order valence-electron chi connectivity index (χ4n) is 6.58. The Morgan fingerprint density at radius 1 is 0.348 bits per heavy atom. The first kappa shape index (κ1) is 26.7. The predicted molar refractivity (Wildman–Crippen MR) is 200 cm³/mol. The third kappa shape index (κ3) is 4.81. The van der Waals surface area contributed by atoms with Gasteiger partial charge in [-0.3, -0.25) is 0 Å². The number of fused-ring (bicyclic) bond motifs is 5. The molecule has 2 heteroatoms. The summed E-state index contributed by atoms with van der Waals surface area (Å²) in [5, 5.41) is 11.3. The highest BCUT2D eigenvalue weighted by Crippen LogP contribution is 2.39. The van der Waals surface area contributed by atoms with E-state index in [1.807, 2.05) is 11.3 Å². The van der Waals surface area contributed by atoms with Gasteiger partial charge in [0.25, 0.3) is 0 Å². The van der Waals surface area contributed by atoms with E-state index in [0.29, 0.717) is 0 Å². The number of nitrogens with one attached hydrogen (secondary N) is 1. The maximum absolute atomic E-state index is 3.66. The lowest BCUT2D eigenvalue weighted by Crippen LogP contribution is -1.90. The van der Waals surface area contributed by atoms with Crippen molar-refractivity contribution in [2.24, 2.45) is 0 Å². The largest absolute Gasteiger partial charge is 0.354 e. The van der Waals surface area contributed by atoms with Gasteiger partial charge in [0.2, 0.25) is 0 Å². The average molecular weight is 604 g/mol. The van der Waals surface area contributed by atoms with E-state index < -0.39 is 0 Å². The van der Waals surface area contributed by atoms with E-state index in [0.717, 1.165) is 11.4 Å². The van der Waals surface area contributed by atoms with Crippen molar-refractivity contribution < 1.29 is 0 Å². The van der Waals surface area contributed by atoms with Gasteiger partial charge in [0.1, 0.15) is 0 Å². The first-order chi connectivity index (χ1) is 22.7. The molecule has 46 heavy (non-hydrogen) atoms. The van der Waals surface area contributed by atoms with E-state index in [1.165, 1.54) is 75.1 Å². The van der Waals surface area contributed by atoms with Crippen molar-refractivity contribution >= 4 is 64.4 Å². The van der Waals surface area contributed by atoms with Crippen LogP contribution in [0.4, 0.5) is 11.4 Å². The summed E-state index contributed by atoms with van der Waals surface area (Å²) in [5.74, 6) is 0. The van der Waals surface area contributed by atoms with Crippen LogP contribution in [-0.4, -0.2) is 0 Å². The number of benzene rings is 8. The molecule has 0 unspecified atom stereocenters. The third-order valence-electron chi connectivity index (χ3n) is 9.04. The summed E-state index contributed by atoms with van der Waals surface area (Å²) >= 11 is 1.84. The maximum Gasteiger partial charge on any atom is 0.0590 e. The maximum atomic E-state index is 3.66. The molecule has 216 valence electrons. The lowest BCUT2D eigenvalue weighted by Gasteiger charge is -2.10. The van der Waals surface area contributed by atoms with Crippen LogP contribution < -0.4 is 5.32 Å². The van der Waals surface area contributed by atoms with Crippen molar-refractivity contribution in [3.63, 3.8) is 0 Å². The van der Waals surface area contributed by atoms with Crippen molar-refractivity contribution in [2.45, 2.75) is 0 Å². The molecule has 0 amide bonds. The Labute approximate surface area is 272 Å². The Balaban J connectivity index is 0.938. The summed E-state index contributed by atoms with van der Waals surface area (Å²) < 4.78 is 2.61. The zero-order valence-electron chi connectivity index (χ0n) is 25.1. The Morgan fingerprint density at radius 3 is 1.52 bits per heavy atom. The summed E-state index contributed by atoms with van der Waals surface area (Å²) in [6, 6.07) is 61.6. The van der Waals surface area contributed by atoms with E-state index in [9.17, 15) is 0 Å². The number of hydrogen-bond acceptors (Lipinski definition) is 2. The normalized spacial score (nSPS) is 11.5. The summed E-state index contributed by atoms with van der Waals surface area (Å²) in [4.78, 5) is 0. The zero-order valence-corrected chi connectivity index (χ0v) is 25.9. The van der Waals surface area contributed by atoms with E-state index >= 15 is 0 Å². The molecular weight excluding hydrogens is 575 g/mol. The Hall–Kier alpha value is -5.70. The van der Waals surface area contributed by atoms with Crippen LogP contribution in [0.3, 0.4) is 0 Å². The minimum Gasteiger partial charge on any atom is -0.354 e. The number of thiophene rings is 1. The number of rotatable bonds is 5. The Kier molecular flexibility index (Phi) is 6.40. The average Bonchev–Trinajstić information content (AvgIpc) is 3.51. The second-order valence-electron chi connectivity index (χ2n) is 11.9. The van der Waals surface area contributed by atoms with E-state index in [-0.39, 0.29) is 0 Å². The highest BCUT2D eigenvalue weighted by atomic mass is 32.1. The van der Waals surface area contributed by atoms with E-state index in [4.69, 9.17) is 0 Å². The van der Waals surface area contributed by atoms with Crippen LogP contribution in [0.2, 0.25) is 0 Å². The van der Waals surface area contributed by atoms with Gasteiger partial charge in [-0.05, 0) is 97.4 Å². The Bertz CT molecular complexity index is 2540. The molecule has 0 aliphatic carbocycles. The predicted octanol–water partition coefficient (Wildman–Crippen LogP) is 13.1. The fourth-order valence-corrected chi connectivity index (χ4v) is 7.75. The highest BCUT2D eigenvalue weighted by Gasteiger charge is 2.09. The van der Waals surface area contributed by atoms with Gasteiger partial charge in [-0.15, -0.1) is 11.3 Å². The first-order valence-corrected chi connectivity index (χ1v) is 16.5. The smallest absolute Gasteiger partial charge is 0.0590 e. The van der Waals surface area contributed by atoms with Gasteiger partial charge in [-0.1, -0.05) is 127 Å². The number of hydrogen-bond donors (Lipinski definition) is 1. The van der Waals surface area contributed by atoms with Gasteiger partial charge in [0.15, 0.2) is 0 Å². The molecule has 0 aliphatic heterocycles. The lowest BCUT2D eigenvalue weighted by molar-refractivity contribution is 1.56. The van der Waals surface area contributed by atoms with Crippen LogP contribution in [0.5, 0.6) is 0 Å². The van der Waals surface area contributed by atoms with Crippen molar-refractivity contribution in [2.75, 3.05) is 5.32 Å². The molecule has 0 saturated heterocycles. The first-order valence-electron chi connectivity index (χ1n) is 15.7. The summed E-state index contributed by atoms with van der Waals surface area (Å²) in [6.07, 6.45) is 0. The van der Waals surface area contributed by atoms with Crippen LogP contribution in [-0.2, 0) is 0 Å². The van der Waals surface area contributed by atoms with Gasteiger partial charge >= 0.3 is 0 Å². The van der Waals surface area contributed by atoms with Crippen LogP contribution in [0.1, 0.15) is 0 Å². The molecule has 0 radical (unpaired) electrons. The van der Waals surface area contributed by atoms with Gasteiger partial charge in [-0.25, -0.2) is 0 Å². The monoisotopic (exact) mass is 603 g/mol. The van der Waals surface area contributed by atoms with Crippen molar-refractivity contribution in [1.29, 1.82) is 0 Å². The molecule has 1 heterocycles. The van der Waals surface area contributed by atoms with Gasteiger partial charge in [0.05, 0.1) is 10.4 Å². The van der Waals surface area contributed by atoms with Crippen molar-refractivity contribution in [3.8, 4) is 33.4 Å². The quantitative estimate of drug-likeness (QED) is 0.206. The van der Waals surface area contributed by atoms with Crippen molar-refractivity contribution in [1.82, 2.24) is 0 Å². The van der Waals surface area contributed by atoms with E-state index in [2.05, 4.69) is 175 Å². The topological polar surface area (TPSA) is 12.0 Å². The molecule has 9 aromatic rings. The molecule has 1 N–H and O–H groups in total. The Morgan fingerprint density at radius 2 is 0.826 bits per heavy atom. The molecular formula is C44H29NS. The lowest BCUT2D eigenvalue weighted by atomic mass is 9.96. The van der Waals surface area contributed by atoms with Crippen LogP contribution in [0, 0.1) is 0 Å². The molecule has 0 saturated carbocycles. The molecule has 0 atom stereocenters. The van der Waals surface area contributed by atoms with Gasteiger partial charge in [-0.2, -0.15) is 0 Å². The zero-order chi connectivity index (χ0) is 30.5. The van der Waals surface area contributed by atoms with Crippen LogP contribution in [0.25, 0.3) is 75.1 Å². The molecule has 0 aliphatic rings. The minimum atomic E-state index is 1.09. The summed E-state index contributed by atoms with van der Waals surface area (Å²) in [6.45, 7) is 0. The molecule has 0 bridgehead atoms.